The van der Waals surface area contributed by atoms with Crippen molar-refractivity contribution < 1.29 is 9.53 Å². The molecule has 3 atom stereocenters. The number of fused-ring (bicyclic) bond motifs is 1. The molecule has 1 saturated heterocycles. The summed E-state index contributed by atoms with van der Waals surface area (Å²) in [5.41, 5.74) is 3.28. The third kappa shape index (κ3) is 2.56. The molecule has 0 radical (unpaired) electrons. The number of urea groups is 1. The van der Waals surface area contributed by atoms with E-state index in [1.807, 2.05) is 6.07 Å². The first kappa shape index (κ1) is 13.9. The number of ether oxygens (including phenoxy) is 1. The van der Waals surface area contributed by atoms with Crippen LogP contribution >= 0.6 is 15.9 Å². The van der Waals surface area contributed by atoms with Gasteiger partial charge in [-0.15, -0.1) is 0 Å². The maximum absolute atomic E-state index is 11.6. The second kappa shape index (κ2) is 5.37. The summed E-state index contributed by atoms with van der Waals surface area (Å²) in [7, 11) is 1.80. The highest BCUT2D eigenvalue weighted by Gasteiger charge is 2.30. The Hall–Kier alpha value is -1.07. The summed E-state index contributed by atoms with van der Waals surface area (Å²) in [6, 6.07) is 6.17. The van der Waals surface area contributed by atoms with Gasteiger partial charge in [-0.1, -0.05) is 28.1 Å². The molecule has 2 heterocycles. The highest BCUT2D eigenvalue weighted by atomic mass is 79.9. The number of hydrogen-bond acceptors (Lipinski definition) is 2. The molecule has 108 valence electrons. The second-order valence-corrected chi connectivity index (χ2v) is 6.65. The van der Waals surface area contributed by atoms with Gasteiger partial charge in [0.1, 0.15) is 0 Å². The van der Waals surface area contributed by atoms with E-state index in [0.29, 0.717) is 12.6 Å². The van der Waals surface area contributed by atoms with E-state index >= 15 is 0 Å². The maximum Gasteiger partial charge on any atom is 0.321 e. The van der Waals surface area contributed by atoms with Gasteiger partial charge in [0.15, 0.2) is 0 Å². The van der Waals surface area contributed by atoms with E-state index in [0.717, 1.165) is 24.1 Å². The zero-order valence-corrected chi connectivity index (χ0v) is 13.3. The van der Waals surface area contributed by atoms with Gasteiger partial charge in [-0.2, -0.15) is 0 Å². The molecule has 2 aliphatic heterocycles. The number of carbonyl (C=O) groups is 1. The lowest BCUT2D eigenvalue weighted by atomic mass is 10.0. The highest BCUT2D eigenvalue weighted by molar-refractivity contribution is 9.09. The smallest absolute Gasteiger partial charge is 0.321 e. The molecule has 5 heteroatoms. The monoisotopic (exact) mass is 338 g/mol. The Morgan fingerprint density at radius 1 is 1.45 bits per heavy atom. The predicted molar refractivity (Wildman–Crippen MR) is 82.2 cm³/mol. The summed E-state index contributed by atoms with van der Waals surface area (Å²) in [6.45, 7) is 2.77. The predicted octanol–water partition coefficient (Wildman–Crippen LogP) is 3.67. The Morgan fingerprint density at radius 2 is 2.25 bits per heavy atom. The number of halogens is 1. The van der Waals surface area contributed by atoms with Crippen molar-refractivity contribution in [1.29, 1.82) is 0 Å². The third-order valence-electron chi connectivity index (χ3n) is 4.03. The van der Waals surface area contributed by atoms with Crippen molar-refractivity contribution in [3.63, 3.8) is 0 Å². The maximum atomic E-state index is 11.6. The molecule has 0 bridgehead atoms. The molecule has 2 amide bonds. The lowest BCUT2D eigenvalue weighted by Crippen LogP contribution is -2.35. The van der Waals surface area contributed by atoms with Crippen LogP contribution in [-0.4, -0.2) is 30.2 Å². The molecule has 1 aromatic rings. The fraction of sp³-hybridized carbons (Fsp3) is 0.533. The van der Waals surface area contributed by atoms with Gasteiger partial charge in [-0.25, -0.2) is 4.79 Å². The summed E-state index contributed by atoms with van der Waals surface area (Å²) in [5.74, 6) is 0. The summed E-state index contributed by atoms with van der Waals surface area (Å²) in [6.07, 6.45) is 2.79. The number of amides is 2. The van der Waals surface area contributed by atoms with Gasteiger partial charge in [0.2, 0.25) is 0 Å². The molecule has 1 N–H and O–H groups in total. The summed E-state index contributed by atoms with van der Waals surface area (Å²) >= 11 is 3.77. The second-order valence-electron chi connectivity index (χ2n) is 5.67. The number of carbonyl (C=O) groups excluding carboxylic acids is 1. The zero-order valence-electron chi connectivity index (χ0n) is 11.7. The van der Waals surface area contributed by atoms with Crippen LogP contribution < -0.4 is 5.32 Å². The van der Waals surface area contributed by atoms with Crippen molar-refractivity contribution in [3.8, 4) is 0 Å². The van der Waals surface area contributed by atoms with E-state index in [1.165, 1.54) is 5.56 Å². The molecular formula is C15H19BrN2O2. The van der Waals surface area contributed by atoms with E-state index in [9.17, 15) is 4.79 Å². The Balaban J connectivity index is 1.82. The normalized spacial score (nSPS) is 27.1. The first-order chi connectivity index (χ1) is 9.54. The van der Waals surface area contributed by atoms with Gasteiger partial charge in [0.25, 0.3) is 0 Å². The molecule has 1 fully saturated rings. The van der Waals surface area contributed by atoms with Crippen LogP contribution in [0.25, 0.3) is 0 Å². The van der Waals surface area contributed by atoms with E-state index in [-0.39, 0.29) is 17.0 Å². The Kier molecular flexibility index (Phi) is 3.73. The van der Waals surface area contributed by atoms with Gasteiger partial charge < -0.3 is 15.0 Å². The first-order valence-electron chi connectivity index (χ1n) is 6.99. The van der Waals surface area contributed by atoms with Crippen LogP contribution in [0.5, 0.6) is 0 Å². The van der Waals surface area contributed by atoms with Gasteiger partial charge in [0.05, 0.1) is 17.0 Å². The molecule has 4 nitrogen and oxygen atoms in total. The largest absolute Gasteiger partial charge is 0.374 e. The quantitative estimate of drug-likeness (QED) is 0.836. The van der Waals surface area contributed by atoms with E-state index in [4.69, 9.17) is 4.74 Å². The number of hydrogen-bond donors (Lipinski definition) is 1. The van der Waals surface area contributed by atoms with E-state index in [2.05, 4.69) is 40.3 Å². The number of rotatable bonds is 2. The summed E-state index contributed by atoms with van der Waals surface area (Å²) < 4.78 is 5.93. The minimum atomic E-state index is -0.0476. The van der Waals surface area contributed by atoms with Crippen molar-refractivity contribution in [3.05, 3.63) is 29.3 Å². The molecule has 1 aromatic carbocycles. The van der Waals surface area contributed by atoms with Crippen LogP contribution in [0.2, 0.25) is 0 Å². The third-order valence-corrected chi connectivity index (χ3v) is 5.15. The van der Waals surface area contributed by atoms with Crippen molar-refractivity contribution in [2.75, 3.05) is 12.4 Å². The van der Waals surface area contributed by atoms with Crippen molar-refractivity contribution in [2.45, 2.75) is 43.3 Å². The molecule has 0 aliphatic carbocycles. The van der Waals surface area contributed by atoms with E-state index in [1.54, 1.807) is 11.9 Å². The fourth-order valence-corrected chi connectivity index (χ4v) is 3.51. The van der Waals surface area contributed by atoms with Crippen LogP contribution in [-0.2, 0) is 11.3 Å². The number of anilines is 1. The molecule has 0 aromatic heterocycles. The number of nitrogens with one attached hydrogen (secondary N) is 1. The van der Waals surface area contributed by atoms with Crippen molar-refractivity contribution in [2.24, 2.45) is 0 Å². The summed E-state index contributed by atoms with van der Waals surface area (Å²) in [4.78, 5) is 13.5. The van der Waals surface area contributed by atoms with Gasteiger partial charge in [-0.05, 0) is 37.0 Å². The molecule has 2 aliphatic rings. The van der Waals surface area contributed by atoms with Crippen LogP contribution in [0.1, 0.15) is 35.7 Å². The van der Waals surface area contributed by atoms with Gasteiger partial charge >= 0.3 is 6.03 Å². The fourth-order valence-electron chi connectivity index (χ4n) is 2.84. The minimum absolute atomic E-state index is 0.0476. The first-order valence-corrected chi connectivity index (χ1v) is 7.90. The van der Waals surface area contributed by atoms with Crippen LogP contribution in [0, 0.1) is 0 Å². The van der Waals surface area contributed by atoms with Crippen LogP contribution in [0.15, 0.2) is 18.2 Å². The number of nitrogens with zero attached hydrogens (tertiary/aromatic N) is 1. The molecule has 0 saturated carbocycles. The van der Waals surface area contributed by atoms with Gasteiger partial charge in [0, 0.05) is 19.3 Å². The van der Waals surface area contributed by atoms with Crippen LogP contribution in [0.4, 0.5) is 10.5 Å². The number of alkyl halides is 1. The lowest BCUT2D eigenvalue weighted by molar-refractivity contribution is 0.0556. The highest BCUT2D eigenvalue weighted by Crippen LogP contribution is 2.37. The average molecular weight is 339 g/mol. The molecular weight excluding hydrogens is 320 g/mol. The zero-order chi connectivity index (χ0) is 14.3. The average Bonchev–Trinajstić information content (AvgIpc) is 2.85. The summed E-state index contributed by atoms with van der Waals surface area (Å²) in [5, 5.41) is 2.89. The van der Waals surface area contributed by atoms with Crippen LogP contribution in [0.3, 0.4) is 0 Å². The molecule has 3 unspecified atom stereocenters. The Morgan fingerprint density at radius 3 is 2.95 bits per heavy atom. The SMILES string of the molecule is CC1CCC(C(Br)c2ccc3c(c2)CN(C)C(=O)N3)O1. The topological polar surface area (TPSA) is 41.6 Å². The van der Waals surface area contributed by atoms with Crippen molar-refractivity contribution in [1.82, 2.24) is 4.90 Å². The molecule has 0 spiro atoms. The van der Waals surface area contributed by atoms with Gasteiger partial charge in [-0.3, -0.25) is 0 Å². The molecule has 20 heavy (non-hydrogen) atoms. The lowest BCUT2D eigenvalue weighted by Gasteiger charge is -2.27. The number of benzene rings is 1. The molecule has 3 rings (SSSR count). The minimum Gasteiger partial charge on any atom is -0.374 e. The van der Waals surface area contributed by atoms with E-state index < -0.39 is 0 Å². The standard InChI is InChI=1S/C15H19BrN2O2/c1-9-3-6-13(20-9)14(16)10-4-5-12-11(7-10)8-18(2)15(19)17-12/h4-5,7,9,13-14H,3,6,8H2,1-2H3,(H,17,19). The Labute approximate surface area is 127 Å². The Bertz CT molecular complexity index is 535. The van der Waals surface area contributed by atoms with Crippen molar-refractivity contribution >= 4 is 27.6 Å².